The van der Waals surface area contributed by atoms with Gasteiger partial charge in [0.2, 0.25) is 0 Å². The summed E-state index contributed by atoms with van der Waals surface area (Å²) in [5, 5.41) is 7.04. The van der Waals surface area contributed by atoms with Crippen molar-refractivity contribution in [1.29, 1.82) is 0 Å². The highest BCUT2D eigenvalue weighted by molar-refractivity contribution is 7.89. The first-order chi connectivity index (χ1) is 11.3. The number of amides is 1. The maximum atomic E-state index is 12.3. The minimum atomic E-state index is -3.07. The van der Waals surface area contributed by atoms with Crippen molar-refractivity contribution in [2.75, 3.05) is 26.9 Å². The summed E-state index contributed by atoms with van der Waals surface area (Å²) >= 11 is 1.63. The van der Waals surface area contributed by atoms with Crippen molar-refractivity contribution in [3.8, 4) is 0 Å². The molecule has 1 aromatic carbocycles. The van der Waals surface area contributed by atoms with Crippen LogP contribution in [0.3, 0.4) is 0 Å². The van der Waals surface area contributed by atoms with Gasteiger partial charge in [-0.05, 0) is 54.2 Å². The molecule has 0 spiro atoms. The molecule has 0 saturated heterocycles. The maximum absolute atomic E-state index is 12.3. The first-order valence-corrected chi connectivity index (χ1v) is 10.5. The van der Waals surface area contributed by atoms with Gasteiger partial charge < -0.3 is 10.2 Å². The van der Waals surface area contributed by atoms with Crippen LogP contribution in [0.4, 0.5) is 0 Å². The molecule has 24 heavy (non-hydrogen) atoms. The summed E-state index contributed by atoms with van der Waals surface area (Å²) in [6.45, 7) is 0.508. The molecule has 0 aliphatic rings. The highest BCUT2D eigenvalue weighted by atomic mass is 32.2. The van der Waals surface area contributed by atoms with Crippen LogP contribution < -0.4 is 5.32 Å². The van der Waals surface area contributed by atoms with E-state index in [4.69, 9.17) is 0 Å². The monoisotopic (exact) mass is 366 g/mol. The van der Waals surface area contributed by atoms with Crippen molar-refractivity contribution >= 4 is 27.1 Å². The second-order valence-corrected chi connectivity index (χ2v) is 8.93. The molecule has 1 aromatic heterocycles. The Labute approximate surface area is 147 Å². The number of thiophene rings is 1. The molecule has 0 aliphatic carbocycles. The van der Waals surface area contributed by atoms with E-state index in [1.807, 2.05) is 19.5 Å². The summed E-state index contributed by atoms with van der Waals surface area (Å²) in [7, 11) is 0.890. The Morgan fingerprint density at radius 2 is 1.88 bits per heavy atom. The Morgan fingerprint density at radius 3 is 2.38 bits per heavy atom. The summed E-state index contributed by atoms with van der Waals surface area (Å²) in [6, 6.07) is 8.85. The van der Waals surface area contributed by atoms with Gasteiger partial charge in [-0.1, -0.05) is 12.1 Å². The fourth-order valence-electron chi connectivity index (χ4n) is 2.41. The molecule has 2 aromatic rings. The van der Waals surface area contributed by atoms with Crippen LogP contribution in [0.25, 0.3) is 0 Å². The van der Waals surface area contributed by atoms with E-state index in [9.17, 15) is 13.2 Å². The first-order valence-electron chi connectivity index (χ1n) is 7.49. The molecule has 0 bridgehead atoms. The lowest BCUT2D eigenvalue weighted by Gasteiger charge is -2.24. The van der Waals surface area contributed by atoms with Crippen molar-refractivity contribution in [2.24, 2.45) is 0 Å². The third-order valence-electron chi connectivity index (χ3n) is 3.65. The molecule has 130 valence electrons. The van der Waals surface area contributed by atoms with Crippen molar-refractivity contribution in [1.82, 2.24) is 10.2 Å². The van der Waals surface area contributed by atoms with E-state index in [1.165, 1.54) is 11.8 Å². The quantitative estimate of drug-likeness (QED) is 0.817. The number of carbonyl (C=O) groups is 1. The Hall–Kier alpha value is -1.70. The van der Waals surface area contributed by atoms with Gasteiger partial charge in [-0.3, -0.25) is 4.79 Å². The molecule has 1 heterocycles. The number of benzene rings is 1. The molecule has 1 atom stereocenters. The first kappa shape index (κ1) is 18.6. The van der Waals surface area contributed by atoms with Gasteiger partial charge in [-0.2, -0.15) is 11.3 Å². The SMILES string of the molecule is CN(C)[C@H](CNC(=O)c1ccc(CS(C)(=O)=O)cc1)c1ccsc1. The smallest absolute Gasteiger partial charge is 0.251 e. The fraction of sp³-hybridized carbons (Fsp3) is 0.353. The highest BCUT2D eigenvalue weighted by Crippen LogP contribution is 2.20. The van der Waals surface area contributed by atoms with Crippen LogP contribution >= 0.6 is 11.3 Å². The van der Waals surface area contributed by atoms with Crippen molar-refractivity contribution in [3.63, 3.8) is 0 Å². The van der Waals surface area contributed by atoms with Gasteiger partial charge in [0.25, 0.3) is 5.91 Å². The lowest BCUT2D eigenvalue weighted by atomic mass is 10.1. The zero-order valence-corrected chi connectivity index (χ0v) is 15.7. The van der Waals surface area contributed by atoms with E-state index in [2.05, 4.69) is 21.7 Å². The number of hydrogen-bond acceptors (Lipinski definition) is 5. The zero-order valence-electron chi connectivity index (χ0n) is 14.0. The van der Waals surface area contributed by atoms with E-state index in [1.54, 1.807) is 35.6 Å². The molecule has 0 fully saturated rings. The van der Waals surface area contributed by atoms with Crippen molar-refractivity contribution < 1.29 is 13.2 Å². The van der Waals surface area contributed by atoms with E-state index in [-0.39, 0.29) is 17.7 Å². The van der Waals surface area contributed by atoms with Gasteiger partial charge in [0, 0.05) is 18.4 Å². The second kappa shape index (κ2) is 7.92. The minimum absolute atomic E-state index is 0.0181. The molecule has 0 saturated carbocycles. The van der Waals surface area contributed by atoms with Crippen LogP contribution in [0.5, 0.6) is 0 Å². The summed E-state index contributed by atoms with van der Waals surface area (Å²) in [5.41, 5.74) is 2.38. The molecule has 0 aliphatic heterocycles. The summed E-state index contributed by atoms with van der Waals surface area (Å²) < 4.78 is 22.6. The van der Waals surface area contributed by atoms with Gasteiger partial charge >= 0.3 is 0 Å². The van der Waals surface area contributed by atoms with Gasteiger partial charge in [0.1, 0.15) is 0 Å². The number of hydrogen-bond donors (Lipinski definition) is 1. The predicted molar refractivity (Wildman–Crippen MR) is 98.1 cm³/mol. The van der Waals surface area contributed by atoms with Gasteiger partial charge in [0.15, 0.2) is 9.84 Å². The van der Waals surface area contributed by atoms with E-state index in [0.29, 0.717) is 17.7 Å². The van der Waals surface area contributed by atoms with Crippen LogP contribution in [0.1, 0.15) is 27.5 Å². The lowest BCUT2D eigenvalue weighted by Crippen LogP contribution is -2.34. The standard InChI is InChI=1S/C17H22N2O3S2/c1-19(2)16(15-8-9-23-11-15)10-18-17(20)14-6-4-13(5-7-14)12-24(3,21)22/h4-9,11,16H,10,12H2,1-3H3,(H,18,20)/t16-/m1/s1. The van der Waals surface area contributed by atoms with Crippen LogP contribution in [0, 0.1) is 0 Å². The number of likely N-dealkylation sites (N-methyl/N-ethyl adjacent to an activating group) is 1. The van der Waals surface area contributed by atoms with Crippen molar-refractivity contribution in [2.45, 2.75) is 11.8 Å². The number of rotatable bonds is 7. The number of sulfone groups is 1. The fourth-order valence-corrected chi connectivity index (χ4v) is 3.91. The molecular formula is C17H22N2O3S2. The van der Waals surface area contributed by atoms with Gasteiger partial charge in [-0.25, -0.2) is 8.42 Å². The Bertz CT molecular complexity index is 767. The van der Waals surface area contributed by atoms with E-state index >= 15 is 0 Å². The number of carbonyl (C=O) groups excluding carboxylic acids is 1. The third kappa shape index (κ3) is 5.43. The van der Waals surface area contributed by atoms with Crippen LogP contribution in [-0.2, 0) is 15.6 Å². The zero-order chi connectivity index (χ0) is 17.7. The van der Waals surface area contributed by atoms with Crippen LogP contribution in [0.15, 0.2) is 41.1 Å². The minimum Gasteiger partial charge on any atom is -0.350 e. The third-order valence-corrected chi connectivity index (χ3v) is 5.21. The van der Waals surface area contributed by atoms with Gasteiger partial charge in [0.05, 0.1) is 11.8 Å². The maximum Gasteiger partial charge on any atom is 0.251 e. The number of nitrogens with zero attached hydrogens (tertiary/aromatic N) is 1. The summed E-state index contributed by atoms with van der Waals surface area (Å²) in [4.78, 5) is 14.4. The Morgan fingerprint density at radius 1 is 1.21 bits per heavy atom. The molecular weight excluding hydrogens is 344 g/mol. The van der Waals surface area contributed by atoms with E-state index < -0.39 is 9.84 Å². The normalized spacial score (nSPS) is 13.0. The summed E-state index contributed by atoms with van der Waals surface area (Å²) in [5.74, 6) is -0.182. The molecule has 0 radical (unpaired) electrons. The lowest BCUT2D eigenvalue weighted by molar-refractivity contribution is 0.0942. The average molecular weight is 367 g/mol. The topological polar surface area (TPSA) is 66.5 Å². The molecule has 1 amide bonds. The van der Waals surface area contributed by atoms with E-state index in [0.717, 1.165) is 0 Å². The summed E-state index contributed by atoms with van der Waals surface area (Å²) in [6.07, 6.45) is 1.19. The van der Waals surface area contributed by atoms with Crippen LogP contribution in [0.2, 0.25) is 0 Å². The largest absolute Gasteiger partial charge is 0.350 e. The van der Waals surface area contributed by atoms with Crippen LogP contribution in [-0.4, -0.2) is 46.1 Å². The average Bonchev–Trinajstić information content (AvgIpc) is 3.00. The molecule has 1 N–H and O–H groups in total. The predicted octanol–water partition coefficient (Wildman–Crippen LogP) is 2.33. The molecule has 2 rings (SSSR count). The Kier molecular flexibility index (Phi) is 6.15. The Balaban J connectivity index is 1.99. The van der Waals surface area contributed by atoms with Crippen molar-refractivity contribution in [3.05, 3.63) is 57.8 Å². The molecule has 0 unspecified atom stereocenters. The molecule has 5 nitrogen and oxygen atoms in total. The van der Waals surface area contributed by atoms with Gasteiger partial charge in [-0.15, -0.1) is 0 Å². The number of nitrogens with one attached hydrogen (secondary N) is 1. The molecule has 7 heteroatoms. The second-order valence-electron chi connectivity index (χ2n) is 6.01. The highest BCUT2D eigenvalue weighted by Gasteiger charge is 2.16.